The maximum absolute atomic E-state index is 14.8. The van der Waals surface area contributed by atoms with Crippen molar-refractivity contribution >= 4 is 23.2 Å². The van der Waals surface area contributed by atoms with E-state index in [2.05, 4.69) is 35.7 Å². The second kappa shape index (κ2) is 11.4. The van der Waals surface area contributed by atoms with E-state index in [1.165, 1.54) is 11.6 Å². The summed E-state index contributed by atoms with van der Waals surface area (Å²) in [5.41, 5.74) is 7.97. The number of carbonyl (C=O) groups is 1. The summed E-state index contributed by atoms with van der Waals surface area (Å²) in [6.45, 7) is 6.47. The van der Waals surface area contributed by atoms with Crippen molar-refractivity contribution in [3.05, 3.63) is 112 Å². The second-order valence-electron chi connectivity index (χ2n) is 10.4. The fourth-order valence-corrected chi connectivity index (χ4v) is 5.94. The van der Waals surface area contributed by atoms with Gasteiger partial charge >= 0.3 is 5.97 Å². The number of nitrogens with zero attached hydrogens (tertiary/aromatic N) is 1. The molecule has 3 nitrogen and oxygen atoms in total. The van der Waals surface area contributed by atoms with Gasteiger partial charge in [-0.2, -0.15) is 0 Å². The van der Waals surface area contributed by atoms with Gasteiger partial charge in [-0.05, 0) is 95.2 Å². The highest BCUT2D eigenvalue weighted by Gasteiger charge is 2.27. The second-order valence-corrected chi connectivity index (χ2v) is 10.4. The minimum Gasteiger partial charge on any atom is -0.478 e. The highest BCUT2D eigenvalue weighted by molar-refractivity contribution is 6.01. The largest absolute Gasteiger partial charge is 0.478 e. The Balaban J connectivity index is 1.54. The first kappa shape index (κ1) is 26.1. The van der Waals surface area contributed by atoms with Crippen LogP contribution in [-0.4, -0.2) is 42.3 Å². The lowest BCUT2D eigenvalue weighted by Crippen LogP contribution is -2.47. The van der Waals surface area contributed by atoms with Gasteiger partial charge in [-0.15, -0.1) is 0 Å². The van der Waals surface area contributed by atoms with E-state index in [4.69, 9.17) is 0 Å². The van der Waals surface area contributed by atoms with Crippen LogP contribution in [0.3, 0.4) is 0 Å². The maximum atomic E-state index is 14.8. The summed E-state index contributed by atoms with van der Waals surface area (Å²) >= 11 is 0. The number of allylic oxidation sites excluding steroid dienone is 1. The SMILES string of the molecule is C=Cc1c(F)cccc1C1=C(c2ccc(CC3CN(CCCF)C3)cc2)c2ccc(C(=O)O)cc2CCC1. The highest BCUT2D eigenvalue weighted by atomic mass is 19.1. The minimum absolute atomic E-state index is 0.259. The Morgan fingerprint density at radius 3 is 2.55 bits per heavy atom. The number of alkyl halides is 1. The van der Waals surface area contributed by atoms with Crippen LogP contribution in [0.25, 0.3) is 17.2 Å². The van der Waals surface area contributed by atoms with Crippen LogP contribution in [0.5, 0.6) is 0 Å². The predicted octanol–water partition coefficient (Wildman–Crippen LogP) is 7.30. The number of carboxylic acids is 1. The predicted molar refractivity (Wildman–Crippen MR) is 149 cm³/mol. The summed E-state index contributed by atoms with van der Waals surface area (Å²) in [4.78, 5) is 14.0. The fourth-order valence-electron chi connectivity index (χ4n) is 5.94. The lowest BCUT2D eigenvalue weighted by Gasteiger charge is -2.39. The molecule has 38 heavy (non-hydrogen) atoms. The van der Waals surface area contributed by atoms with Crippen LogP contribution in [0, 0.1) is 11.7 Å². The van der Waals surface area contributed by atoms with Crippen LogP contribution in [0.4, 0.5) is 8.78 Å². The van der Waals surface area contributed by atoms with Gasteiger partial charge in [0.15, 0.2) is 0 Å². The lowest BCUT2D eigenvalue weighted by molar-refractivity contribution is 0.0696. The molecule has 1 saturated heterocycles. The van der Waals surface area contributed by atoms with E-state index < -0.39 is 5.97 Å². The molecule has 0 amide bonds. The molecular formula is C33H33F2NO2. The standard InChI is InChI=1S/C33H33F2NO2/c1-2-27-29(7-4-9-31(27)35)30-8-3-6-25-19-26(33(37)38)14-15-28(25)32(30)24-12-10-22(11-13-24)18-23-20-36(21-23)17-5-16-34/h2,4,7,9-15,19,23H,1,3,5-6,8,16-18,20-21H2,(H,37,38). The summed E-state index contributed by atoms with van der Waals surface area (Å²) in [6.07, 6.45) is 5.50. The van der Waals surface area contributed by atoms with E-state index in [-0.39, 0.29) is 18.1 Å². The smallest absolute Gasteiger partial charge is 0.335 e. The number of likely N-dealkylation sites (tertiary alicyclic amines) is 1. The van der Waals surface area contributed by atoms with Crippen molar-refractivity contribution in [1.82, 2.24) is 4.90 Å². The number of rotatable bonds is 9. The van der Waals surface area contributed by atoms with Gasteiger partial charge in [-0.3, -0.25) is 4.39 Å². The van der Waals surface area contributed by atoms with Crippen molar-refractivity contribution in [3.8, 4) is 0 Å². The third-order valence-corrected chi connectivity index (χ3v) is 7.79. The number of hydrogen-bond donors (Lipinski definition) is 1. The van der Waals surface area contributed by atoms with E-state index in [9.17, 15) is 18.7 Å². The van der Waals surface area contributed by atoms with Crippen molar-refractivity contribution in [2.45, 2.75) is 32.1 Å². The van der Waals surface area contributed by atoms with Crippen LogP contribution in [-0.2, 0) is 12.8 Å². The molecule has 5 rings (SSSR count). The summed E-state index contributed by atoms with van der Waals surface area (Å²) < 4.78 is 27.2. The lowest BCUT2D eigenvalue weighted by atomic mass is 9.85. The molecule has 1 fully saturated rings. The van der Waals surface area contributed by atoms with Crippen molar-refractivity contribution < 1.29 is 18.7 Å². The molecule has 0 saturated carbocycles. The number of benzene rings is 3. The van der Waals surface area contributed by atoms with E-state index in [1.807, 2.05) is 12.1 Å². The van der Waals surface area contributed by atoms with Gasteiger partial charge in [0.25, 0.3) is 0 Å². The first-order chi connectivity index (χ1) is 18.5. The molecule has 1 heterocycles. The fraction of sp³-hybridized carbons (Fsp3) is 0.303. The van der Waals surface area contributed by atoms with E-state index in [0.29, 0.717) is 17.9 Å². The molecule has 1 aliphatic heterocycles. The Hall–Kier alpha value is -3.57. The number of aryl methyl sites for hydroxylation is 1. The Labute approximate surface area is 223 Å². The van der Waals surface area contributed by atoms with E-state index >= 15 is 0 Å². The first-order valence-corrected chi connectivity index (χ1v) is 13.4. The molecule has 0 spiro atoms. The average Bonchev–Trinajstić information content (AvgIpc) is 3.09. The molecule has 0 radical (unpaired) electrons. The van der Waals surface area contributed by atoms with Gasteiger partial charge in [0, 0.05) is 25.2 Å². The zero-order valence-corrected chi connectivity index (χ0v) is 21.6. The summed E-state index contributed by atoms with van der Waals surface area (Å²) in [5.74, 6) is -0.650. The quantitative estimate of drug-likeness (QED) is 0.326. The number of hydrogen-bond acceptors (Lipinski definition) is 2. The molecule has 1 aliphatic carbocycles. The molecular weight excluding hydrogens is 480 g/mol. The number of halogens is 2. The number of carboxylic acid groups (broad SMARTS) is 1. The summed E-state index contributed by atoms with van der Waals surface area (Å²) in [6, 6.07) is 19.1. The van der Waals surface area contributed by atoms with Crippen molar-refractivity contribution in [3.63, 3.8) is 0 Å². The molecule has 0 aromatic heterocycles. The molecule has 5 heteroatoms. The number of fused-ring (bicyclic) bond motifs is 1. The minimum atomic E-state index is -0.939. The van der Waals surface area contributed by atoms with Crippen LogP contribution < -0.4 is 0 Å². The topological polar surface area (TPSA) is 40.5 Å². The molecule has 3 aromatic carbocycles. The van der Waals surface area contributed by atoms with Gasteiger partial charge in [-0.1, -0.05) is 55.1 Å². The van der Waals surface area contributed by atoms with Crippen molar-refractivity contribution in [1.29, 1.82) is 0 Å². The third kappa shape index (κ3) is 5.34. The van der Waals surface area contributed by atoms with Gasteiger partial charge in [-0.25, -0.2) is 9.18 Å². The van der Waals surface area contributed by atoms with Gasteiger partial charge in [0.1, 0.15) is 5.82 Å². The van der Waals surface area contributed by atoms with E-state index in [1.54, 1.807) is 24.3 Å². The van der Waals surface area contributed by atoms with Crippen LogP contribution in [0.1, 0.15) is 63.0 Å². The zero-order chi connectivity index (χ0) is 26.6. The van der Waals surface area contributed by atoms with Gasteiger partial charge in [0.2, 0.25) is 0 Å². The Bertz CT molecular complexity index is 1370. The van der Waals surface area contributed by atoms with Gasteiger partial charge < -0.3 is 10.0 Å². The molecule has 1 N–H and O–H groups in total. The Morgan fingerprint density at radius 1 is 1.05 bits per heavy atom. The first-order valence-electron chi connectivity index (χ1n) is 13.4. The summed E-state index contributed by atoms with van der Waals surface area (Å²) in [7, 11) is 0. The molecule has 0 atom stereocenters. The number of aromatic carboxylic acids is 1. The molecule has 0 bridgehead atoms. The van der Waals surface area contributed by atoms with Crippen molar-refractivity contribution in [2.24, 2.45) is 5.92 Å². The third-order valence-electron chi connectivity index (χ3n) is 7.79. The zero-order valence-electron chi connectivity index (χ0n) is 21.6. The van der Waals surface area contributed by atoms with Crippen LogP contribution in [0.2, 0.25) is 0 Å². The van der Waals surface area contributed by atoms with E-state index in [0.717, 1.165) is 78.7 Å². The Morgan fingerprint density at radius 2 is 1.84 bits per heavy atom. The normalized spacial score (nSPS) is 16.1. The highest BCUT2D eigenvalue weighted by Crippen LogP contribution is 2.41. The molecule has 3 aromatic rings. The Kier molecular flexibility index (Phi) is 7.85. The van der Waals surface area contributed by atoms with Crippen molar-refractivity contribution in [2.75, 3.05) is 26.3 Å². The molecule has 196 valence electrons. The molecule has 0 unspecified atom stereocenters. The molecule has 2 aliphatic rings. The summed E-state index contributed by atoms with van der Waals surface area (Å²) in [5, 5.41) is 9.57. The average molecular weight is 514 g/mol. The van der Waals surface area contributed by atoms with Gasteiger partial charge in [0.05, 0.1) is 12.2 Å². The monoisotopic (exact) mass is 513 g/mol. The maximum Gasteiger partial charge on any atom is 0.335 e. The van der Waals surface area contributed by atoms with Crippen LogP contribution >= 0.6 is 0 Å². The van der Waals surface area contributed by atoms with Crippen LogP contribution in [0.15, 0.2) is 67.2 Å².